The molecule has 0 saturated carbocycles. The van der Waals surface area contributed by atoms with Gasteiger partial charge in [0.1, 0.15) is 5.76 Å². The van der Waals surface area contributed by atoms with Crippen molar-refractivity contribution in [3.8, 4) is 0 Å². The lowest BCUT2D eigenvalue weighted by Crippen LogP contribution is -2.37. The standard InChI is InChI=1S/C18H22N4O3/c1-21-11-12(10-19-21)15(23)9-13-5-4-8-22(13)18(24)17-14-6-2-3-7-16(14)25-20-17/h10-11,13H,2-9H2,1H3/t13-/m0/s1. The van der Waals surface area contributed by atoms with Gasteiger partial charge in [0.15, 0.2) is 11.5 Å². The lowest BCUT2D eigenvalue weighted by atomic mass is 9.96. The van der Waals surface area contributed by atoms with E-state index in [1.54, 1.807) is 29.0 Å². The first kappa shape index (κ1) is 16.1. The minimum absolute atomic E-state index is 0.0278. The molecule has 0 N–H and O–H groups in total. The number of Topliss-reactive ketones (excluding diaryl/α,β-unsaturated/α-hetero) is 1. The summed E-state index contributed by atoms with van der Waals surface area (Å²) in [6.07, 6.45) is 9.26. The third-order valence-corrected chi connectivity index (χ3v) is 5.24. The van der Waals surface area contributed by atoms with Gasteiger partial charge in [0, 0.05) is 44.2 Å². The molecule has 1 amide bonds. The van der Waals surface area contributed by atoms with Crippen molar-refractivity contribution >= 4 is 11.7 Å². The van der Waals surface area contributed by atoms with E-state index in [0.717, 1.165) is 49.8 Å². The van der Waals surface area contributed by atoms with Gasteiger partial charge in [0.05, 0.1) is 11.8 Å². The monoisotopic (exact) mass is 342 g/mol. The van der Waals surface area contributed by atoms with Gasteiger partial charge in [-0.05, 0) is 32.1 Å². The average Bonchev–Trinajstić information content (AvgIpc) is 3.33. The number of hydrogen-bond donors (Lipinski definition) is 0. The highest BCUT2D eigenvalue weighted by Crippen LogP contribution is 2.28. The molecule has 4 rings (SSSR count). The zero-order valence-electron chi connectivity index (χ0n) is 14.4. The van der Waals surface area contributed by atoms with Crippen molar-refractivity contribution < 1.29 is 14.1 Å². The van der Waals surface area contributed by atoms with E-state index >= 15 is 0 Å². The Hall–Kier alpha value is -2.44. The molecule has 25 heavy (non-hydrogen) atoms. The molecular formula is C18H22N4O3. The first-order valence-electron chi connectivity index (χ1n) is 8.93. The predicted molar refractivity (Wildman–Crippen MR) is 89.4 cm³/mol. The Labute approximate surface area is 146 Å². The van der Waals surface area contributed by atoms with Gasteiger partial charge >= 0.3 is 0 Å². The predicted octanol–water partition coefficient (Wildman–Crippen LogP) is 2.16. The van der Waals surface area contributed by atoms with Gasteiger partial charge in [0.25, 0.3) is 5.91 Å². The topological polar surface area (TPSA) is 81.2 Å². The Morgan fingerprint density at radius 2 is 2.12 bits per heavy atom. The molecule has 1 aliphatic heterocycles. The largest absolute Gasteiger partial charge is 0.360 e. The molecule has 2 aliphatic rings. The number of nitrogens with zero attached hydrogens (tertiary/aromatic N) is 4. The second-order valence-corrected chi connectivity index (χ2v) is 6.96. The Balaban J connectivity index is 1.50. The highest BCUT2D eigenvalue weighted by atomic mass is 16.5. The fourth-order valence-corrected chi connectivity index (χ4v) is 3.90. The number of amides is 1. The van der Waals surface area contributed by atoms with Gasteiger partial charge in [0.2, 0.25) is 0 Å². The van der Waals surface area contributed by atoms with Crippen LogP contribution >= 0.6 is 0 Å². The van der Waals surface area contributed by atoms with Gasteiger partial charge in [-0.1, -0.05) is 5.16 Å². The van der Waals surface area contributed by atoms with Crippen LogP contribution in [0.2, 0.25) is 0 Å². The number of hydrogen-bond acceptors (Lipinski definition) is 5. The van der Waals surface area contributed by atoms with Crippen LogP contribution in [-0.4, -0.2) is 44.1 Å². The Bertz CT molecular complexity index is 807. The van der Waals surface area contributed by atoms with E-state index in [0.29, 0.717) is 24.2 Å². The number of carbonyl (C=O) groups is 2. The fourth-order valence-electron chi connectivity index (χ4n) is 3.90. The summed E-state index contributed by atoms with van der Waals surface area (Å²) < 4.78 is 7.00. The summed E-state index contributed by atoms with van der Waals surface area (Å²) in [7, 11) is 1.79. The van der Waals surface area contributed by atoms with E-state index in [1.165, 1.54) is 0 Å². The summed E-state index contributed by atoms with van der Waals surface area (Å²) in [6, 6.07) is -0.0730. The Kier molecular flexibility index (Phi) is 4.15. The van der Waals surface area contributed by atoms with Crippen LogP contribution in [-0.2, 0) is 19.9 Å². The minimum atomic E-state index is -0.0895. The van der Waals surface area contributed by atoms with Crippen molar-refractivity contribution in [2.45, 2.75) is 51.0 Å². The molecular weight excluding hydrogens is 320 g/mol. The van der Waals surface area contributed by atoms with Gasteiger partial charge < -0.3 is 9.42 Å². The molecule has 7 nitrogen and oxygen atoms in total. The molecule has 0 aromatic carbocycles. The minimum Gasteiger partial charge on any atom is -0.360 e. The van der Waals surface area contributed by atoms with Crippen molar-refractivity contribution in [2.24, 2.45) is 7.05 Å². The molecule has 0 bridgehead atoms. The highest BCUT2D eigenvalue weighted by Gasteiger charge is 2.35. The summed E-state index contributed by atoms with van der Waals surface area (Å²) in [5, 5.41) is 8.10. The summed E-state index contributed by atoms with van der Waals surface area (Å²) in [6.45, 7) is 0.672. The van der Waals surface area contributed by atoms with Crippen LogP contribution in [0.1, 0.15) is 64.3 Å². The Morgan fingerprint density at radius 3 is 2.92 bits per heavy atom. The molecule has 2 aromatic rings. The van der Waals surface area contributed by atoms with E-state index in [9.17, 15) is 9.59 Å². The third kappa shape index (κ3) is 2.99. The zero-order chi connectivity index (χ0) is 17.4. The van der Waals surface area contributed by atoms with Crippen LogP contribution < -0.4 is 0 Å². The molecule has 0 unspecified atom stereocenters. The SMILES string of the molecule is Cn1cc(C(=O)C[C@@H]2CCCN2C(=O)c2noc3c2CCCC3)cn1. The van der Waals surface area contributed by atoms with Crippen LogP contribution in [0, 0.1) is 0 Å². The molecule has 7 heteroatoms. The zero-order valence-corrected chi connectivity index (χ0v) is 14.4. The normalized spacial score (nSPS) is 19.9. The number of aromatic nitrogens is 3. The van der Waals surface area contributed by atoms with Crippen molar-refractivity contribution in [1.82, 2.24) is 19.8 Å². The van der Waals surface area contributed by atoms with Crippen LogP contribution in [0.3, 0.4) is 0 Å². The molecule has 0 spiro atoms. The Morgan fingerprint density at radius 1 is 1.28 bits per heavy atom. The van der Waals surface area contributed by atoms with Gasteiger partial charge in [-0.3, -0.25) is 14.3 Å². The van der Waals surface area contributed by atoms with Crippen molar-refractivity contribution in [1.29, 1.82) is 0 Å². The van der Waals surface area contributed by atoms with Crippen LogP contribution in [0.4, 0.5) is 0 Å². The summed E-state index contributed by atoms with van der Waals surface area (Å²) in [5.41, 5.74) is 2.02. The van der Waals surface area contributed by atoms with E-state index in [1.807, 2.05) is 0 Å². The van der Waals surface area contributed by atoms with Gasteiger partial charge in [-0.2, -0.15) is 5.10 Å². The molecule has 1 saturated heterocycles. The molecule has 1 atom stereocenters. The third-order valence-electron chi connectivity index (χ3n) is 5.24. The average molecular weight is 342 g/mol. The summed E-state index contributed by atoms with van der Waals surface area (Å²) in [5.74, 6) is 0.796. The van der Waals surface area contributed by atoms with Crippen molar-refractivity contribution in [3.63, 3.8) is 0 Å². The molecule has 1 aliphatic carbocycles. The number of carbonyl (C=O) groups excluding carboxylic acids is 2. The fraction of sp³-hybridized carbons (Fsp3) is 0.556. The number of likely N-dealkylation sites (tertiary alicyclic amines) is 1. The van der Waals surface area contributed by atoms with E-state index in [2.05, 4.69) is 10.3 Å². The number of fused-ring (bicyclic) bond motifs is 1. The maximum atomic E-state index is 13.0. The van der Waals surface area contributed by atoms with Crippen LogP contribution in [0.15, 0.2) is 16.9 Å². The number of rotatable bonds is 4. The molecule has 0 radical (unpaired) electrons. The number of ketones is 1. The first-order valence-corrected chi connectivity index (χ1v) is 8.93. The summed E-state index contributed by atoms with van der Waals surface area (Å²) >= 11 is 0. The van der Waals surface area contributed by atoms with E-state index in [4.69, 9.17) is 4.52 Å². The van der Waals surface area contributed by atoms with Crippen molar-refractivity contribution in [2.75, 3.05) is 6.54 Å². The second kappa shape index (κ2) is 6.46. The van der Waals surface area contributed by atoms with Gasteiger partial charge in [-0.25, -0.2) is 0 Å². The summed E-state index contributed by atoms with van der Waals surface area (Å²) in [4.78, 5) is 27.3. The second-order valence-electron chi connectivity index (χ2n) is 6.96. The molecule has 132 valence electrons. The van der Waals surface area contributed by atoms with Crippen molar-refractivity contribution in [3.05, 3.63) is 35.0 Å². The van der Waals surface area contributed by atoms with Crippen LogP contribution in [0.5, 0.6) is 0 Å². The highest BCUT2D eigenvalue weighted by molar-refractivity contribution is 5.97. The van der Waals surface area contributed by atoms with Gasteiger partial charge in [-0.15, -0.1) is 0 Å². The molecule has 2 aromatic heterocycles. The molecule has 1 fully saturated rings. The maximum Gasteiger partial charge on any atom is 0.276 e. The van der Waals surface area contributed by atoms with E-state index in [-0.39, 0.29) is 17.7 Å². The molecule has 3 heterocycles. The number of aryl methyl sites for hydroxylation is 2. The van der Waals surface area contributed by atoms with Crippen LogP contribution in [0.25, 0.3) is 0 Å². The lowest BCUT2D eigenvalue weighted by molar-refractivity contribution is 0.0706. The maximum absolute atomic E-state index is 13.0. The lowest BCUT2D eigenvalue weighted by Gasteiger charge is -2.23. The quantitative estimate of drug-likeness (QED) is 0.795. The first-order chi connectivity index (χ1) is 12.1. The van der Waals surface area contributed by atoms with E-state index < -0.39 is 0 Å². The smallest absolute Gasteiger partial charge is 0.276 e.